The third-order valence-electron chi connectivity index (χ3n) is 3.86. The van der Waals surface area contributed by atoms with E-state index in [1.807, 2.05) is 30.3 Å². The molecule has 0 bridgehead atoms. The summed E-state index contributed by atoms with van der Waals surface area (Å²) in [6.45, 7) is 2.12. The zero-order chi connectivity index (χ0) is 17.0. The second-order valence-corrected chi connectivity index (χ2v) is 5.68. The number of ether oxygens (including phenoxy) is 1. The molecule has 0 unspecified atom stereocenters. The first kappa shape index (κ1) is 18.0. The van der Waals surface area contributed by atoms with E-state index in [1.54, 1.807) is 7.11 Å². The van der Waals surface area contributed by atoms with Crippen LogP contribution in [0.2, 0.25) is 0 Å². The molecule has 4 heteroatoms. The van der Waals surface area contributed by atoms with Gasteiger partial charge in [0.2, 0.25) is 5.91 Å². The first-order valence-electron chi connectivity index (χ1n) is 8.43. The zero-order valence-corrected chi connectivity index (χ0v) is 14.3. The number of amides is 1. The van der Waals surface area contributed by atoms with Gasteiger partial charge in [-0.05, 0) is 31.0 Å². The van der Waals surface area contributed by atoms with E-state index in [0.717, 1.165) is 30.7 Å². The van der Waals surface area contributed by atoms with Crippen LogP contribution in [0, 0.1) is 0 Å². The van der Waals surface area contributed by atoms with Gasteiger partial charge in [-0.25, -0.2) is 0 Å². The van der Waals surface area contributed by atoms with Crippen molar-refractivity contribution in [2.24, 2.45) is 0 Å². The highest BCUT2D eigenvalue weighted by Crippen LogP contribution is 2.16. The van der Waals surface area contributed by atoms with E-state index in [9.17, 15) is 4.79 Å². The van der Waals surface area contributed by atoms with Crippen molar-refractivity contribution in [3.63, 3.8) is 0 Å². The topological polar surface area (TPSA) is 50.4 Å². The minimum atomic E-state index is 0.0523. The normalized spacial score (nSPS) is 10.4. The summed E-state index contributed by atoms with van der Waals surface area (Å²) in [5.74, 6) is 0.855. The number of nitrogens with one attached hydrogen (secondary N) is 2. The van der Waals surface area contributed by atoms with E-state index in [2.05, 4.69) is 34.9 Å². The van der Waals surface area contributed by atoms with Crippen LogP contribution in [-0.2, 0) is 17.8 Å². The Kier molecular flexibility index (Phi) is 7.84. The second-order valence-electron chi connectivity index (χ2n) is 5.68. The Bertz CT molecular complexity index is 614. The number of rotatable bonds is 10. The first-order chi connectivity index (χ1) is 11.8. The summed E-state index contributed by atoms with van der Waals surface area (Å²) < 4.78 is 5.28. The molecule has 0 spiro atoms. The lowest BCUT2D eigenvalue weighted by Crippen LogP contribution is -2.28. The highest BCUT2D eigenvalue weighted by atomic mass is 16.5. The van der Waals surface area contributed by atoms with Crippen molar-refractivity contribution in [1.82, 2.24) is 10.6 Å². The molecule has 0 saturated carbocycles. The fraction of sp³-hybridized carbons (Fsp3) is 0.350. The molecule has 0 fully saturated rings. The average Bonchev–Trinajstić information content (AvgIpc) is 2.64. The van der Waals surface area contributed by atoms with E-state index in [4.69, 9.17) is 4.74 Å². The second kappa shape index (κ2) is 10.4. The van der Waals surface area contributed by atoms with Gasteiger partial charge in [0.05, 0.1) is 7.11 Å². The van der Waals surface area contributed by atoms with Crippen LogP contribution >= 0.6 is 0 Å². The lowest BCUT2D eigenvalue weighted by molar-refractivity contribution is -0.121. The molecule has 128 valence electrons. The van der Waals surface area contributed by atoms with Crippen molar-refractivity contribution < 1.29 is 9.53 Å². The molecule has 0 aliphatic carbocycles. The molecule has 1 amide bonds. The number of carbonyl (C=O) groups is 1. The lowest BCUT2D eigenvalue weighted by Gasteiger charge is -2.10. The minimum absolute atomic E-state index is 0.0523. The van der Waals surface area contributed by atoms with E-state index >= 15 is 0 Å². The Hall–Kier alpha value is -2.33. The van der Waals surface area contributed by atoms with Crippen molar-refractivity contribution in [2.45, 2.75) is 25.8 Å². The Morgan fingerprint density at radius 3 is 2.54 bits per heavy atom. The predicted molar refractivity (Wildman–Crippen MR) is 97.1 cm³/mol. The van der Waals surface area contributed by atoms with E-state index in [1.165, 1.54) is 5.56 Å². The van der Waals surface area contributed by atoms with Gasteiger partial charge in [-0.2, -0.15) is 0 Å². The molecule has 2 N–H and O–H groups in total. The molecule has 2 aromatic rings. The van der Waals surface area contributed by atoms with Crippen molar-refractivity contribution in [3.05, 3.63) is 65.7 Å². The summed E-state index contributed by atoms with van der Waals surface area (Å²) in [4.78, 5) is 11.9. The van der Waals surface area contributed by atoms with Crippen molar-refractivity contribution in [1.29, 1.82) is 0 Å². The molecule has 0 aliphatic heterocycles. The first-order valence-corrected chi connectivity index (χ1v) is 8.43. The van der Waals surface area contributed by atoms with Gasteiger partial charge >= 0.3 is 0 Å². The third kappa shape index (κ3) is 6.42. The molecule has 0 heterocycles. The summed E-state index contributed by atoms with van der Waals surface area (Å²) in [5, 5.41) is 6.25. The van der Waals surface area contributed by atoms with Crippen LogP contribution in [0.5, 0.6) is 5.75 Å². The highest BCUT2D eigenvalue weighted by Gasteiger charge is 2.04. The maximum atomic E-state index is 11.9. The average molecular weight is 326 g/mol. The van der Waals surface area contributed by atoms with Crippen molar-refractivity contribution in [2.75, 3.05) is 20.2 Å². The van der Waals surface area contributed by atoms with Gasteiger partial charge in [0, 0.05) is 25.1 Å². The van der Waals surface area contributed by atoms with Crippen LogP contribution in [0.1, 0.15) is 24.0 Å². The van der Waals surface area contributed by atoms with Crippen LogP contribution < -0.4 is 15.4 Å². The molecular formula is C20H26N2O2. The SMILES string of the molecule is COc1ccccc1CNC(=O)CCNCCCc1ccccc1. The van der Waals surface area contributed by atoms with Crippen molar-refractivity contribution in [3.8, 4) is 5.75 Å². The molecule has 0 saturated heterocycles. The molecule has 0 aromatic heterocycles. The van der Waals surface area contributed by atoms with Crippen LogP contribution in [0.25, 0.3) is 0 Å². The molecule has 0 atom stereocenters. The Morgan fingerprint density at radius 2 is 1.75 bits per heavy atom. The molecule has 2 rings (SSSR count). The number of hydrogen-bond donors (Lipinski definition) is 2. The smallest absolute Gasteiger partial charge is 0.221 e. The molecular weight excluding hydrogens is 300 g/mol. The summed E-state index contributed by atoms with van der Waals surface area (Å²) >= 11 is 0. The van der Waals surface area contributed by atoms with E-state index < -0.39 is 0 Å². The third-order valence-corrected chi connectivity index (χ3v) is 3.86. The predicted octanol–water partition coefficient (Wildman–Crippen LogP) is 2.92. The summed E-state index contributed by atoms with van der Waals surface area (Å²) in [6.07, 6.45) is 2.63. The summed E-state index contributed by atoms with van der Waals surface area (Å²) in [6, 6.07) is 18.2. The molecule has 2 aromatic carbocycles. The fourth-order valence-corrected chi connectivity index (χ4v) is 2.52. The monoisotopic (exact) mass is 326 g/mol. The molecule has 0 aliphatic rings. The van der Waals surface area contributed by atoms with Gasteiger partial charge in [0.15, 0.2) is 0 Å². The van der Waals surface area contributed by atoms with Gasteiger partial charge in [-0.1, -0.05) is 48.5 Å². The van der Waals surface area contributed by atoms with Crippen LogP contribution in [-0.4, -0.2) is 26.1 Å². The van der Waals surface area contributed by atoms with Gasteiger partial charge in [0.1, 0.15) is 5.75 Å². The summed E-state index contributed by atoms with van der Waals surface area (Å²) in [7, 11) is 1.64. The van der Waals surface area contributed by atoms with Gasteiger partial charge in [0.25, 0.3) is 0 Å². The number of benzene rings is 2. The van der Waals surface area contributed by atoms with Crippen LogP contribution in [0.4, 0.5) is 0 Å². The maximum Gasteiger partial charge on any atom is 0.221 e. The van der Waals surface area contributed by atoms with Crippen molar-refractivity contribution >= 4 is 5.91 Å². The Balaban J connectivity index is 1.55. The number of carbonyl (C=O) groups excluding carboxylic acids is 1. The van der Waals surface area contributed by atoms with Crippen LogP contribution in [0.3, 0.4) is 0 Å². The zero-order valence-electron chi connectivity index (χ0n) is 14.3. The molecule has 24 heavy (non-hydrogen) atoms. The standard InChI is InChI=1S/C20H26N2O2/c1-24-19-12-6-5-11-18(19)16-22-20(23)13-15-21-14-7-10-17-8-3-2-4-9-17/h2-6,8-9,11-12,21H,7,10,13-16H2,1H3,(H,22,23). The number of para-hydroxylation sites is 1. The van der Waals surface area contributed by atoms with Crippen LogP contribution in [0.15, 0.2) is 54.6 Å². The molecule has 0 radical (unpaired) electrons. The fourth-order valence-electron chi connectivity index (χ4n) is 2.52. The largest absolute Gasteiger partial charge is 0.496 e. The van der Waals surface area contributed by atoms with Gasteiger partial charge in [-0.15, -0.1) is 0 Å². The van der Waals surface area contributed by atoms with Gasteiger partial charge < -0.3 is 15.4 Å². The van der Waals surface area contributed by atoms with Gasteiger partial charge in [-0.3, -0.25) is 4.79 Å². The highest BCUT2D eigenvalue weighted by molar-refractivity contribution is 5.76. The minimum Gasteiger partial charge on any atom is -0.496 e. The quantitative estimate of drug-likeness (QED) is 0.660. The summed E-state index contributed by atoms with van der Waals surface area (Å²) in [5.41, 5.74) is 2.35. The van der Waals surface area contributed by atoms with E-state index in [0.29, 0.717) is 19.5 Å². The lowest BCUT2D eigenvalue weighted by atomic mass is 10.1. The number of methoxy groups -OCH3 is 1. The number of hydrogen-bond acceptors (Lipinski definition) is 3. The van der Waals surface area contributed by atoms with E-state index in [-0.39, 0.29) is 5.91 Å². The maximum absolute atomic E-state index is 11.9. The number of aryl methyl sites for hydroxylation is 1. The molecule has 4 nitrogen and oxygen atoms in total. The Labute approximate surface area is 144 Å². The Morgan fingerprint density at radius 1 is 1.00 bits per heavy atom.